The largest absolute Gasteiger partial charge is 0.480 e. The van der Waals surface area contributed by atoms with Gasteiger partial charge in [-0.1, -0.05) is 34.8 Å². The number of rotatable bonds is 3. The van der Waals surface area contributed by atoms with Crippen molar-refractivity contribution in [1.29, 1.82) is 0 Å². The molecule has 0 aliphatic heterocycles. The molecule has 0 spiro atoms. The lowest BCUT2D eigenvalue weighted by Gasteiger charge is -2.04. The van der Waals surface area contributed by atoms with Crippen LogP contribution in [0.4, 0.5) is 0 Å². The fourth-order valence-corrected chi connectivity index (χ4v) is 0.632. The second kappa shape index (κ2) is 9.74. The third-order valence-corrected chi connectivity index (χ3v) is 1.19. The predicted octanol–water partition coefficient (Wildman–Crippen LogP) is 1.58. The minimum Gasteiger partial charge on any atom is -0.480 e. The number of thiol groups is 1. The number of carboxylic acids is 1. The molecular weight excluding hydrogens is 244 g/mol. The number of carbonyl (C=O) groups is 1. The van der Waals surface area contributed by atoms with Gasteiger partial charge in [0.2, 0.25) is 0 Å². The van der Waals surface area contributed by atoms with Crippen LogP contribution in [0.15, 0.2) is 0 Å². The molecule has 0 aliphatic rings. The van der Waals surface area contributed by atoms with Gasteiger partial charge in [-0.05, 0) is 7.05 Å². The number of carboxylic acid groups (broad SMARTS) is 1. The van der Waals surface area contributed by atoms with Crippen LogP contribution in [0.25, 0.3) is 0 Å². The molecule has 0 saturated heterocycles. The van der Waals surface area contributed by atoms with Crippen LogP contribution in [0.3, 0.4) is 0 Å². The molecule has 1 atom stereocenters. The Morgan fingerprint density at radius 3 is 1.92 bits per heavy atom. The summed E-state index contributed by atoms with van der Waals surface area (Å²) >= 11 is 18.2. The first kappa shape index (κ1) is 15.1. The van der Waals surface area contributed by atoms with Crippen molar-refractivity contribution in [2.24, 2.45) is 0 Å². The van der Waals surface area contributed by atoms with Gasteiger partial charge < -0.3 is 10.4 Å². The average molecular weight is 255 g/mol. The topological polar surface area (TPSA) is 49.3 Å². The summed E-state index contributed by atoms with van der Waals surface area (Å²) in [5, 5.41) is 10.8. The van der Waals surface area contributed by atoms with E-state index in [2.05, 4.69) is 17.9 Å². The first-order chi connectivity index (χ1) is 5.45. The standard InChI is InChI=1S/C4H9NO2S.CHCl3/c1-5-3(2-8)4(6)7;2-1(3)4/h3,5,8H,2H2,1H3,(H,6,7);1H. The van der Waals surface area contributed by atoms with Gasteiger partial charge in [-0.3, -0.25) is 4.79 Å². The zero-order valence-electron chi connectivity index (χ0n) is 6.30. The molecule has 7 heteroatoms. The molecule has 0 aromatic carbocycles. The van der Waals surface area contributed by atoms with Crippen LogP contribution in [0, 0.1) is 0 Å². The summed E-state index contributed by atoms with van der Waals surface area (Å²) in [5.74, 6) is -0.534. The molecule has 0 bridgehead atoms. The number of aliphatic carboxylic acids is 1. The van der Waals surface area contributed by atoms with E-state index in [9.17, 15) is 4.79 Å². The van der Waals surface area contributed by atoms with E-state index >= 15 is 0 Å². The number of alkyl halides is 3. The highest BCUT2D eigenvalue weighted by molar-refractivity contribution is 7.80. The fourth-order valence-electron chi connectivity index (χ4n) is 0.293. The zero-order valence-corrected chi connectivity index (χ0v) is 9.46. The minimum atomic E-state index is -0.859. The number of hydrogen-bond acceptors (Lipinski definition) is 3. The Hall–Kier alpha value is 0.650. The number of hydrogen-bond donors (Lipinski definition) is 3. The predicted molar refractivity (Wildman–Crippen MR) is 55.7 cm³/mol. The lowest BCUT2D eigenvalue weighted by Crippen LogP contribution is -2.35. The summed E-state index contributed by atoms with van der Waals surface area (Å²) in [6.07, 6.45) is 0. The summed E-state index contributed by atoms with van der Waals surface area (Å²) < 4.78 is -0.750. The molecule has 1 unspecified atom stereocenters. The molecule has 0 rings (SSSR count). The van der Waals surface area contributed by atoms with E-state index < -0.39 is 16.3 Å². The van der Waals surface area contributed by atoms with Gasteiger partial charge in [0.15, 0.2) is 4.30 Å². The van der Waals surface area contributed by atoms with Crippen molar-refractivity contribution in [2.45, 2.75) is 10.3 Å². The molecule has 0 aliphatic carbocycles. The molecule has 0 fully saturated rings. The Balaban J connectivity index is 0. The molecule has 0 aromatic heterocycles. The van der Waals surface area contributed by atoms with Crippen LogP contribution in [0.1, 0.15) is 0 Å². The molecule has 0 amide bonds. The van der Waals surface area contributed by atoms with Crippen molar-refractivity contribution < 1.29 is 9.90 Å². The third kappa shape index (κ3) is 13.3. The van der Waals surface area contributed by atoms with E-state index in [4.69, 9.17) is 39.9 Å². The lowest BCUT2D eigenvalue weighted by molar-refractivity contribution is -0.138. The third-order valence-electron chi connectivity index (χ3n) is 0.829. The molecule has 0 saturated carbocycles. The number of likely N-dealkylation sites (N-methyl/N-ethyl adjacent to an activating group) is 1. The van der Waals surface area contributed by atoms with E-state index in [1.165, 1.54) is 0 Å². The molecule has 0 heterocycles. The Morgan fingerprint density at radius 2 is 1.92 bits per heavy atom. The van der Waals surface area contributed by atoms with Crippen molar-refractivity contribution in [3.63, 3.8) is 0 Å². The van der Waals surface area contributed by atoms with Crippen LogP contribution in [0.2, 0.25) is 0 Å². The first-order valence-corrected chi connectivity index (χ1v) is 4.83. The zero-order chi connectivity index (χ0) is 10.1. The molecule has 0 aromatic rings. The second-order valence-corrected chi connectivity index (χ2v) is 3.95. The van der Waals surface area contributed by atoms with E-state index in [1.807, 2.05) is 0 Å². The second-order valence-electron chi connectivity index (χ2n) is 1.61. The summed E-state index contributed by atoms with van der Waals surface area (Å²) in [6, 6.07) is -0.515. The van der Waals surface area contributed by atoms with E-state index in [0.29, 0.717) is 5.75 Å². The van der Waals surface area contributed by atoms with Gasteiger partial charge in [0.25, 0.3) is 0 Å². The van der Waals surface area contributed by atoms with Gasteiger partial charge in [-0.15, -0.1) is 0 Å². The lowest BCUT2D eigenvalue weighted by atomic mass is 10.3. The normalized spacial score (nSPS) is 11.8. The van der Waals surface area contributed by atoms with Crippen molar-refractivity contribution in [3.05, 3.63) is 0 Å². The highest BCUT2D eigenvalue weighted by Crippen LogP contribution is 2.03. The number of halogens is 3. The highest BCUT2D eigenvalue weighted by Gasteiger charge is 2.10. The maximum atomic E-state index is 10.1. The maximum Gasteiger partial charge on any atom is 0.321 e. The van der Waals surface area contributed by atoms with Gasteiger partial charge >= 0.3 is 5.97 Å². The van der Waals surface area contributed by atoms with Crippen LogP contribution in [0.5, 0.6) is 0 Å². The van der Waals surface area contributed by atoms with E-state index in [0.717, 1.165) is 0 Å². The number of nitrogens with one attached hydrogen (secondary N) is 1. The fraction of sp³-hybridized carbons (Fsp3) is 0.800. The van der Waals surface area contributed by atoms with E-state index in [-0.39, 0.29) is 0 Å². The van der Waals surface area contributed by atoms with Crippen LogP contribution >= 0.6 is 47.4 Å². The van der Waals surface area contributed by atoms with Gasteiger partial charge in [0.05, 0.1) is 0 Å². The molecular formula is C5H10Cl3NO2S. The summed E-state index contributed by atoms with van der Waals surface area (Å²) in [5.41, 5.74) is 0. The Morgan fingerprint density at radius 1 is 1.58 bits per heavy atom. The minimum absolute atomic E-state index is 0.325. The van der Waals surface area contributed by atoms with Crippen LogP contribution in [-0.2, 0) is 4.79 Å². The van der Waals surface area contributed by atoms with Crippen molar-refractivity contribution in [1.82, 2.24) is 5.32 Å². The quantitative estimate of drug-likeness (QED) is 0.529. The molecule has 74 valence electrons. The SMILES string of the molecule is CNC(CS)C(=O)O.ClC(Cl)Cl. The molecule has 0 radical (unpaired) electrons. The van der Waals surface area contributed by atoms with Gasteiger partial charge in [0, 0.05) is 5.75 Å². The van der Waals surface area contributed by atoms with Crippen LogP contribution in [-0.4, -0.2) is 34.2 Å². The Labute approximate surface area is 91.8 Å². The monoisotopic (exact) mass is 253 g/mol. The summed E-state index contributed by atoms with van der Waals surface area (Å²) in [6.45, 7) is 0. The van der Waals surface area contributed by atoms with Gasteiger partial charge in [0.1, 0.15) is 6.04 Å². The van der Waals surface area contributed by atoms with Crippen molar-refractivity contribution in [2.75, 3.05) is 12.8 Å². The van der Waals surface area contributed by atoms with Gasteiger partial charge in [-0.2, -0.15) is 12.6 Å². The maximum absolute atomic E-state index is 10.1. The first-order valence-electron chi connectivity index (χ1n) is 2.88. The molecule has 3 nitrogen and oxygen atoms in total. The van der Waals surface area contributed by atoms with Crippen molar-refractivity contribution >= 4 is 53.4 Å². The van der Waals surface area contributed by atoms with E-state index in [1.54, 1.807) is 7.05 Å². The summed E-state index contributed by atoms with van der Waals surface area (Å²) in [4.78, 5) is 10.1. The molecule has 12 heavy (non-hydrogen) atoms. The smallest absolute Gasteiger partial charge is 0.321 e. The average Bonchev–Trinajstić information content (AvgIpc) is 1.87. The van der Waals surface area contributed by atoms with Crippen molar-refractivity contribution in [3.8, 4) is 0 Å². The van der Waals surface area contributed by atoms with Crippen LogP contribution < -0.4 is 5.32 Å². The highest BCUT2D eigenvalue weighted by atomic mass is 35.6. The van der Waals surface area contributed by atoms with Gasteiger partial charge in [-0.25, -0.2) is 0 Å². The summed E-state index contributed by atoms with van der Waals surface area (Å²) in [7, 11) is 1.59. The molecule has 2 N–H and O–H groups in total. The Bertz CT molecular complexity index is 119. The Kier molecular flexibility index (Phi) is 12.3.